The van der Waals surface area contributed by atoms with Crippen LogP contribution in [-0.2, 0) is 11.3 Å². The summed E-state index contributed by atoms with van der Waals surface area (Å²) < 4.78 is 10.8. The molecule has 1 aromatic heterocycles. The van der Waals surface area contributed by atoms with E-state index in [-0.39, 0.29) is 37.1 Å². The number of nitrogens with one attached hydrogen (secondary N) is 1. The van der Waals surface area contributed by atoms with Crippen LogP contribution in [0.15, 0.2) is 42.5 Å². The van der Waals surface area contributed by atoms with Crippen molar-refractivity contribution in [1.29, 1.82) is 0 Å². The van der Waals surface area contributed by atoms with Gasteiger partial charge in [0.25, 0.3) is 5.91 Å². The third-order valence-electron chi connectivity index (χ3n) is 7.02. The second-order valence-electron chi connectivity index (χ2n) is 9.64. The number of benzene rings is 2. The van der Waals surface area contributed by atoms with Gasteiger partial charge in [-0.25, -0.2) is 15.0 Å². The SMILES string of the molecule is CC(C)C1CNc2nc(nc3ccccc23)CN2CCN(C(=O)c3ccc4c(c3)OCO4)CN2C1=O. The van der Waals surface area contributed by atoms with Crippen molar-refractivity contribution in [1.82, 2.24) is 24.9 Å². The third-order valence-corrected chi connectivity index (χ3v) is 7.02. The number of ether oxygens (including phenoxy) is 2. The highest BCUT2D eigenvalue weighted by Gasteiger charge is 2.37. The van der Waals surface area contributed by atoms with E-state index in [0.29, 0.717) is 49.1 Å². The maximum Gasteiger partial charge on any atom is 0.255 e. The lowest BCUT2D eigenvalue weighted by molar-refractivity contribution is -0.168. The topological polar surface area (TPSA) is 100 Å². The summed E-state index contributed by atoms with van der Waals surface area (Å²) in [5.74, 6) is 2.21. The second-order valence-corrected chi connectivity index (χ2v) is 9.64. The molecule has 3 aromatic rings. The van der Waals surface area contributed by atoms with Crippen molar-refractivity contribution in [3.8, 4) is 11.5 Å². The Kier molecular flexibility index (Phi) is 5.60. The number of amides is 2. The first-order valence-corrected chi connectivity index (χ1v) is 12.2. The minimum Gasteiger partial charge on any atom is -0.454 e. The highest BCUT2D eigenvalue weighted by atomic mass is 16.7. The Morgan fingerprint density at radius 2 is 1.92 bits per heavy atom. The molecule has 1 unspecified atom stereocenters. The molecule has 0 saturated carbocycles. The molecule has 4 heterocycles. The van der Waals surface area contributed by atoms with E-state index in [0.717, 1.165) is 16.7 Å². The summed E-state index contributed by atoms with van der Waals surface area (Å²) in [6.07, 6.45) is 0. The summed E-state index contributed by atoms with van der Waals surface area (Å²) in [5, 5.41) is 8.02. The monoisotopic (exact) mass is 488 g/mol. The van der Waals surface area contributed by atoms with Crippen LogP contribution < -0.4 is 14.8 Å². The maximum atomic E-state index is 13.9. The van der Waals surface area contributed by atoms with Gasteiger partial charge < -0.3 is 19.7 Å². The molecular formula is C26H28N6O4. The lowest BCUT2D eigenvalue weighted by atomic mass is 9.94. The van der Waals surface area contributed by atoms with Gasteiger partial charge in [0.1, 0.15) is 18.3 Å². The molecule has 0 radical (unpaired) electrons. The van der Waals surface area contributed by atoms with Crippen LogP contribution in [0.4, 0.5) is 5.82 Å². The van der Waals surface area contributed by atoms with Crippen LogP contribution in [0.2, 0.25) is 0 Å². The van der Waals surface area contributed by atoms with E-state index in [1.807, 2.05) is 43.1 Å². The number of hydrazine groups is 1. The molecule has 186 valence electrons. The number of rotatable bonds is 2. The molecule has 6 rings (SSSR count). The van der Waals surface area contributed by atoms with E-state index in [1.54, 1.807) is 28.1 Å². The Balaban J connectivity index is 1.32. The van der Waals surface area contributed by atoms with Crippen molar-refractivity contribution in [2.75, 3.05) is 38.4 Å². The molecule has 0 aliphatic carbocycles. The summed E-state index contributed by atoms with van der Waals surface area (Å²) >= 11 is 0. The van der Waals surface area contributed by atoms with Gasteiger partial charge in [-0.05, 0) is 36.2 Å². The Labute approximate surface area is 208 Å². The van der Waals surface area contributed by atoms with Crippen LogP contribution >= 0.6 is 0 Å². The lowest BCUT2D eigenvalue weighted by Crippen LogP contribution is -2.61. The maximum absolute atomic E-state index is 13.9. The average Bonchev–Trinajstić information content (AvgIpc) is 3.36. The number of carbonyl (C=O) groups excluding carboxylic acids is 2. The van der Waals surface area contributed by atoms with E-state index in [9.17, 15) is 9.59 Å². The molecule has 1 saturated heterocycles. The van der Waals surface area contributed by atoms with Crippen LogP contribution in [-0.4, -0.2) is 69.8 Å². The van der Waals surface area contributed by atoms with E-state index >= 15 is 0 Å². The molecule has 10 heteroatoms. The average molecular weight is 489 g/mol. The molecule has 2 aromatic carbocycles. The molecule has 1 atom stereocenters. The van der Waals surface area contributed by atoms with E-state index < -0.39 is 0 Å². The first-order valence-electron chi connectivity index (χ1n) is 12.2. The van der Waals surface area contributed by atoms with Crippen LogP contribution in [0.1, 0.15) is 30.0 Å². The summed E-state index contributed by atoms with van der Waals surface area (Å²) in [6.45, 7) is 6.19. The fourth-order valence-corrected chi connectivity index (χ4v) is 4.93. The number of fused-ring (bicyclic) bond motifs is 6. The van der Waals surface area contributed by atoms with Crippen molar-refractivity contribution in [3.05, 3.63) is 53.9 Å². The summed E-state index contributed by atoms with van der Waals surface area (Å²) in [4.78, 5) is 38.5. The molecule has 2 bridgehead atoms. The third kappa shape index (κ3) is 3.97. The van der Waals surface area contributed by atoms with Gasteiger partial charge in [0.2, 0.25) is 12.7 Å². The number of aromatic nitrogens is 2. The summed E-state index contributed by atoms with van der Waals surface area (Å²) in [7, 11) is 0. The molecule has 10 nitrogen and oxygen atoms in total. The van der Waals surface area contributed by atoms with Gasteiger partial charge in [0.15, 0.2) is 11.5 Å². The van der Waals surface area contributed by atoms with Crippen molar-refractivity contribution < 1.29 is 19.1 Å². The van der Waals surface area contributed by atoms with Gasteiger partial charge in [0.05, 0.1) is 18.0 Å². The summed E-state index contributed by atoms with van der Waals surface area (Å²) in [5.41, 5.74) is 1.37. The Morgan fingerprint density at radius 1 is 1.08 bits per heavy atom. The van der Waals surface area contributed by atoms with Crippen LogP contribution in [0.5, 0.6) is 11.5 Å². The predicted octanol–water partition coefficient (Wildman–Crippen LogP) is 2.72. The smallest absolute Gasteiger partial charge is 0.255 e. The van der Waals surface area contributed by atoms with E-state index in [1.165, 1.54) is 0 Å². The van der Waals surface area contributed by atoms with Gasteiger partial charge in [0, 0.05) is 30.6 Å². The first kappa shape index (κ1) is 22.5. The van der Waals surface area contributed by atoms with Gasteiger partial charge in [-0.2, -0.15) is 0 Å². The zero-order chi connectivity index (χ0) is 24.8. The number of hydrogen-bond donors (Lipinski definition) is 1. The minimum atomic E-state index is -0.289. The Bertz CT molecular complexity index is 1350. The fraction of sp³-hybridized carbons (Fsp3) is 0.385. The lowest BCUT2D eigenvalue weighted by Gasteiger charge is -2.45. The Morgan fingerprint density at radius 3 is 2.78 bits per heavy atom. The minimum absolute atomic E-state index is 0.0184. The molecule has 36 heavy (non-hydrogen) atoms. The zero-order valence-corrected chi connectivity index (χ0v) is 20.3. The molecular weight excluding hydrogens is 460 g/mol. The van der Waals surface area contributed by atoms with Gasteiger partial charge in [-0.1, -0.05) is 26.0 Å². The van der Waals surface area contributed by atoms with Gasteiger partial charge in [-0.3, -0.25) is 14.6 Å². The highest BCUT2D eigenvalue weighted by molar-refractivity contribution is 5.95. The molecule has 0 spiro atoms. The molecule has 2 amide bonds. The van der Waals surface area contributed by atoms with Gasteiger partial charge in [-0.15, -0.1) is 0 Å². The van der Waals surface area contributed by atoms with Gasteiger partial charge >= 0.3 is 0 Å². The highest BCUT2D eigenvalue weighted by Crippen LogP contribution is 2.33. The van der Waals surface area contributed by atoms with E-state index in [4.69, 9.17) is 19.4 Å². The molecule has 3 aliphatic heterocycles. The van der Waals surface area contributed by atoms with Crippen LogP contribution in [0.3, 0.4) is 0 Å². The number of anilines is 1. The second kappa shape index (κ2) is 8.94. The van der Waals surface area contributed by atoms with Crippen molar-refractivity contribution in [2.45, 2.75) is 20.4 Å². The van der Waals surface area contributed by atoms with Crippen molar-refractivity contribution >= 4 is 28.5 Å². The normalized spacial score (nSPS) is 19.9. The number of para-hydroxylation sites is 1. The van der Waals surface area contributed by atoms with E-state index in [2.05, 4.69) is 5.32 Å². The number of hydrogen-bond acceptors (Lipinski definition) is 8. The van der Waals surface area contributed by atoms with Crippen molar-refractivity contribution in [2.24, 2.45) is 11.8 Å². The largest absolute Gasteiger partial charge is 0.454 e. The zero-order valence-electron chi connectivity index (χ0n) is 20.3. The van der Waals surface area contributed by atoms with Crippen LogP contribution in [0, 0.1) is 11.8 Å². The number of nitrogens with zero attached hydrogens (tertiary/aromatic N) is 5. The Hall–Kier alpha value is -3.92. The predicted molar refractivity (Wildman–Crippen MR) is 132 cm³/mol. The molecule has 1 fully saturated rings. The summed E-state index contributed by atoms with van der Waals surface area (Å²) in [6, 6.07) is 13.1. The quantitative estimate of drug-likeness (QED) is 0.588. The number of carbonyl (C=O) groups is 2. The van der Waals surface area contributed by atoms with Crippen LogP contribution in [0.25, 0.3) is 10.9 Å². The molecule has 3 aliphatic rings. The fourth-order valence-electron chi connectivity index (χ4n) is 4.93. The first-order chi connectivity index (χ1) is 17.5. The molecule has 1 N–H and O–H groups in total. The standard InChI is InChI=1S/C26H28N6O4/c1-16(2)19-12-27-24-18-5-3-4-6-20(18)28-23(29-24)13-31-10-9-30(14-32(31)26(19)34)25(33)17-7-8-21-22(11-17)36-15-35-21/h3-8,11,16,19H,9-10,12-15H2,1-2H3,(H,27,28,29). The van der Waals surface area contributed by atoms with Crippen molar-refractivity contribution in [3.63, 3.8) is 0 Å².